The van der Waals surface area contributed by atoms with Crippen LogP contribution in [0.25, 0.3) is 22.3 Å². The Morgan fingerprint density at radius 2 is 1.81 bits per heavy atom. The van der Waals surface area contributed by atoms with Gasteiger partial charge in [0.05, 0.1) is 28.3 Å². The maximum Gasteiger partial charge on any atom is 0.417 e. The van der Waals surface area contributed by atoms with Crippen molar-refractivity contribution in [1.29, 1.82) is 0 Å². The Balaban J connectivity index is 2.29. The van der Waals surface area contributed by atoms with Gasteiger partial charge in [-0.2, -0.15) is 13.2 Å². The first kappa shape index (κ1) is 19.6. The Labute approximate surface area is 167 Å². The molecule has 2 heterocycles. The number of anilines is 1. The van der Waals surface area contributed by atoms with Crippen molar-refractivity contribution in [2.24, 2.45) is 0 Å². The number of fused-ring (bicyclic) bond motifs is 1. The highest BCUT2D eigenvalue weighted by molar-refractivity contribution is 14.1. The Kier molecular flexibility index (Phi) is 5.41. The summed E-state index contributed by atoms with van der Waals surface area (Å²) < 4.78 is 47.0. The lowest BCUT2D eigenvalue weighted by Crippen LogP contribution is -2.12. The van der Waals surface area contributed by atoms with E-state index in [9.17, 15) is 13.2 Å². The number of hydrogen-bond donors (Lipinski definition) is 1. The molecular formula is C18H16F3IN4O. The molecule has 9 heteroatoms. The zero-order chi connectivity index (χ0) is 19.8. The molecule has 0 bridgehead atoms. The third-order valence-corrected chi connectivity index (χ3v) is 4.20. The Morgan fingerprint density at radius 1 is 1.07 bits per heavy atom. The minimum Gasteiger partial charge on any atom is -0.490 e. The molecule has 0 saturated heterocycles. The van der Waals surface area contributed by atoms with E-state index in [4.69, 9.17) is 4.74 Å². The molecule has 1 N–H and O–H groups in total. The second-order valence-electron chi connectivity index (χ2n) is 6.00. The van der Waals surface area contributed by atoms with E-state index in [1.807, 2.05) is 22.6 Å². The van der Waals surface area contributed by atoms with Crippen LogP contribution in [0, 0.1) is 3.83 Å². The van der Waals surface area contributed by atoms with Gasteiger partial charge >= 0.3 is 6.18 Å². The summed E-state index contributed by atoms with van der Waals surface area (Å²) in [5.41, 5.74) is -0.448. The number of benzene rings is 1. The van der Waals surface area contributed by atoms with E-state index >= 15 is 0 Å². The van der Waals surface area contributed by atoms with Crippen LogP contribution in [0.1, 0.15) is 19.4 Å². The second kappa shape index (κ2) is 7.45. The number of aromatic nitrogens is 3. The zero-order valence-corrected chi connectivity index (χ0v) is 16.9. The minimum absolute atomic E-state index is 0.0970. The van der Waals surface area contributed by atoms with Gasteiger partial charge in [0.1, 0.15) is 11.6 Å². The summed E-state index contributed by atoms with van der Waals surface area (Å²) in [7, 11) is 1.71. The number of pyridine rings is 1. The van der Waals surface area contributed by atoms with Gasteiger partial charge in [0.25, 0.3) is 0 Å². The average molecular weight is 488 g/mol. The maximum atomic E-state index is 13.6. The van der Waals surface area contributed by atoms with Crippen LogP contribution in [0.4, 0.5) is 19.0 Å². The Morgan fingerprint density at radius 3 is 2.44 bits per heavy atom. The second-order valence-corrected chi connectivity index (χ2v) is 6.97. The maximum absolute atomic E-state index is 13.6. The fraction of sp³-hybridized carbons (Fsp3) is 0.278. The first-order valence-electron chi connectivity index (χ1n) is 8.10. The molecule has 0 aliphatic heterocycles. The zero-order valence-electron chi connectivity index (χ0n) is 14.7. The van der Waals surface area contributed by atoms with Gasteiger partial charge in [0.15, 0.2) is 9.48 Å². The largest absolute Gasteiger partial charge is 0.490 e. The molecule has 3 rings (SSSR count). The van der Waals surface area contributed by atoms with Crippen LogP contribution in [-0.2, 0) is 6.18 Å². The van der Waals surface area contributed by atoms with E-state index < -0.39 is 11.7 Å². The predicted octanol–water partition coefficient (Wildman–Crippen LogP) is 5.14. The number of ether oxygens (including phenoxy) is 1. The van der Waals surface area contributed by atoms with Gasteiger partial charge in [-0.1, -0.05) is 6.07 Å². The van der Waals surface area contributed by atoms with Crippen molar-refractivity contribution in [2.45, 2.75) is 26.1 Å². The highest BCUT2D eigenvalue weighted by atomic mass is 127. The third-order valence-electron chi connectivity index (χ3n) is 3.72. The highest BCUT2D eigenvalue weighted by Gasteiger charge is 2.35. The SMILES string of the molecule is CNc1nc(I)nc2nc(-c3c(OC(C)C)cccc3C(F)(F)F)ccc12. The molecule has 0 radical (unpaired) electrons. The van der Waals surface area contributed by atoms with Crippen molar-refractivity contribution < 1.29 is 17.9 Å². The fourth-order valence-electron chi connectivity index (χ4n) is 2.70. The number of nitrogens with zero attached hydrogens (tertiary/aromatic N) is 3. The summed E-state index contributed by atoms with van der Waals surface area (Å²) in [5, 5.41) is 3.57. The first-order chi connectivity index (χ1) is 12.7. The van der Waals surface area contributed by atoms with E-state index in [1.54, 1.807) is 27.0 Å². The molecular weight excluding hydrogens is 472 g/mol. The molecule has 0 aliphatic rings. The molecule has 0 saturated carbocycles. The average Bonchev–Trinajstić information content (AvgIpc) is 2.58. The number of alkyl halides is 3. The molecule has 0 spiro atoms. The summed E-state index contributed by atoms with van der Waals surface area (Å²) in [4.78, 5) is 12.9. The third kappa shape index (κ3) is 4.07. The smallest absolute Gasteiger partial charge is 0.417 e. The number of nitrogens with one attached hydrogen (secondary N) is 1. The van der Waals surface area contributed by atoms with Crippen molar-refractivity contribution in [3.63, 3.8) is 0 Å². The summed E-state index contributed by atoms with van der Waals surface area (Å²) >= 11 is 1.94. The molecule has 0 aliphatic carbocycles. The van der Waals surface area contributed by atoms with Crippen LogP contribution in [0.5, 0.6) is 5.75 Å². The van der Waals surface area contributed by atoms with Crippen LogP contribution in [-0.4, -0.2) is 28.1 Å². The standard InChI is InChI=1S/C18H16F3IN4O/c1-9(2)27-13-6-4-5-11(18(19,20)21)14(13)12-8-7-10-15(23-3)25-17(22)26-16(10)24-12/h4-9H,1-3H3,(H,23,24,25,26). The van der Waals surface area contributed by atoms with E-state index in [0.717, 1.165) is 6.07 Å². The molecule has 0 fully saturated rings. The van der Waals surface area contributed by atoms with Crippen molar-refractivity contribution in [3.05, 3.63) is 39.7 Å². The summed E-state index contributed by atoms with van der Waals surface area (Å²) in [6.45, 7) is 3.51. The van der Waals surface area contributed by atoms with E-state index in [0.29, 0.717) is 20.7 Å². The predicted molar refractivity (Wildman–Crippen MR) is 106 cm³/mol. The van der Waals surface area contributed by atoms with E-state index in [-0.39, 0.29) is 23.1 Å². The quantitative estimate of drug-likeness (QED) is 0.407. The number of halogens is 4. The van der Waals surface area contributed by atoms with Crippen LogP contribution >= 0.6 is 22.6 Å². The molecule has 0 amide bonds. The number of hydrogen-bond acceptors (Lipinski definition) is 5. The molecule has 2 aromatic heterocycles. The Bertz CT molecular complexity index is 992. The normalized spacial score (nSPS) is 11.9. The van der Waals surface area contributed by atoms with E-state index in [2.05, 4.69) is 20.3 Å². The molecule has 142 valence electrons. The molecule has 27 heavy (non-hydrogen) atoms. The number of rotatable bonds is 4. The van der Waals surface area contributed by atoms with Crippen LogP contribution in [0.15, 0.2) is 30.3 Å². The fourth-order valence-corrected chi connectivity index (χ4v) is 3.17. The Hall–Kier alpha value is -2.17. The molecule has 1 aromatic carbocycles. The highest BCUT2D eigenvalue weighted by Crippen LogP contribution is 2.42. The van der Waals surface area contributed by atoms with Crippen molar-refractivity contribution >= 4 is 39.4 Å². The van der Waals surface area contributed by atoms with Crippen LogP contribution in [0.3, 0.4) is 0 Å². The molecule has 0 atom stereocenters. The van der Waals surface area contributed by atoms with Gasteiger partial charge in [0.2, 0.25) is 0 Å². The van der Waals surface area contributed by atoms with Crippen molar-refractivity contribution in [3.8, 4) is 17.0 Å². The summed E-state index contributed by atoms with van der Waals surface area (Å²) in [6.07, 6.45) is -4.83. The lowest BCUT2D eigenvalue weighted by molar-refractivity contribution is -0.137. The van der Waals surface area contributed by atoms with Gasteiger partial charge in [0, 0.05) is 29.6 Å². The monoisotopic (exact) mass is 488 g/mol. The summed E-state index contributed by atoms with van der Waals surface area (Å²) in [5.74, 6) is 0.690. The van der Waals surface area contributed by atoms with Gasteiger partial charge in [-0.3, -0.25) is 0 Å². The minimum atomic E-state index is -4.54. The van der Waals surface area contributed by atoms with E-state index in [1.165, 1.54) is 18.2 Å². The molecule has 0 unspecified atom stereocenters. The lowest BCUT2D eigenvalue weighted by Gasteiger charge is -2.19. The van der Waals surface area contributed by atoms with Crippen molar-refractivity contribution in [1.82, 2.24) is 15.0 Å². The van der Waals surface area contributed by atoms with Gasteiger partial charge in [-0.15, -0.1) is 0 Å². The molecule has 3 aromatic rings. The van der Waals surface area contributed by atoms with Gasteiger partial charge in [-0.05, 0) is 38.1 Å². The first-order valence-corrected chi connectivity index (χ1v) is 9.18. The summed E-state index contributed by atoms with van der Waals surface area (Å²) in [6, 6.07) is 7.05. The van der Waals surface area contributed by atoms with Crippen LogP contribution in [0.2, 0.25) is 0 Å². The van der Waals surface area contributed by atoms with Gasteiger partial charge in [-0.25, -0.2) is 15.0 Å². The van der Waals surface area contributed by atoms with Crippen molar-refractivity contribution in [2.75, 3.05) is 12.4 Å². The van der Waals surface area contributed by atoms with Crippen LogP contribution < -0.4 is 10.1 Å². The lowest BCUT2D eigenvalue weighted by atomic mass is 10.0. The topological polar surface area (TPSA) is 59.9 Å². The van der Waals surface area contributed by atoms with Gasteiger partial charge < -0.3 is 10.1 Å². The molecule has 5 nitrogen and oxygen atoms in total.